The van der Waals surface area contributed by atoms with Gasteiger partial charge in [0.15, 0.2) is 0 Å². The Morgan fingerprint density at radius 1 is 1.26 bits per heavy atom. The van der Waals surface area contributed by atoms with Crippen LogP contribution in [0.4, 0.5) is 0 Å². The molecule has 0 amide bonds. The number of methoxy groups -OCH3 is 1. The highest BCUT2D eigenvalue weighted by Gasteiger charge is 2.32. The van der Waals surface area contributed by atoms with Gasteiger partial charge in [0.2, 0.25) is 0 Å². The Morgan fingerprint density at radius 3 is 2.48 bits per heavy atom. The third kappa shape index (κ3) is 3.65. The molecule has 3 nitrogen and oxygen atoms in total. The average molecular weight is 382 g/mol. The van der Waals surface area contributed by atoms with Crippen LogP contribution >= 0.6 is 15.9 Å². The maximum atomic E-state index is 9.63. The molecule has 0 radical (unpaired) electrons. The van der Waals surface area contributed by atoms with Gasteiger partial charge in [0.25, 0.3) is 0 Å². The van der Waals surface area contributed by atoms with Gasteiger partial charge in [-0.05, 0) is 24.6 Å². The highest BCUT2D eigenvalue weighted by molar-refractivity contribution is 9.10. The van der Waals surface area contributed by atoms with Gasteiger partial charge in [-0.1, -0.05) is 49.7 Å². The number of nitrogens with zero attached hydrogens (tertiary/aromatic N) is 1. The minimum absolute atomic E-state index is 0.102. The van der Waals surface area contributed by atoms with Gasteiger partial charge in [-0.25, -0.2) is 0 Å². The fourth-order valence-corrected chi connectivity index (χ4v) is 3.28. The van der Waals surface area contributed by atoms with E-state index in [-0.39, 0.29) is 23.5 Å². The van der Waals surface area contributed by atoms with Crippen LogP contribution in [0.2, 0.25) is 0 Å². The largest absolute Gasteiger partial charge is 0.396 e. The number of aromatic nitrogens is 1. The Morgan fingerprint density at radius 2 is 1.91 bits per heavy atom. The number of hydrogen-bond donors (Lipinski definition) is 1. The summed E-state index contributed by atoms with van der Waals surface area (Å²) in [7, 11) is 1.76. The van der Waals surface area contributed by atoms with E-state index >= 15 is 0 Å². The SMILES string of the molecule is COC(C)C(C)(C)c1cn(CC(C)(C)CO)c2cc(Br)ccc12. The first-order chi connectivity index (χ1) is 10.6. The van der Waals surface area contributed by atoms with E-state index < -0.39 is 0 Å². The molecule has 1 aromatic heterocycles. The van der Waals surface area contributed by atoms with E-state index in [0.29, 0.717) is 0 Å². The summed E-state index contributed by atoms with van der Waals surface area (Å²) in [5, 5.41) is 10.9. The van der Waals surface area contributed by atoms with Crippen molar-refractivity contribution in [2.45, 2.75) is 52.7 Å². The summed E-state index contributed by atoms with van der Waals surface area (Å²) in [6, 6.07) is 6.40. The zero-order chi connectivity index (χ0) is 17.4. The molecule has 0 aliphatic carbocycles. The van der Waals surface area contributed by atoms with Crippen molar-refractivity contribution in [2.75, 3.05) is 13.7 Å². The Bertz CT molecular complexity index is 688. The molecule has 0 aliphatic heterocycles. The molecule has 2 rings (SSSR count). The smallest absolute Gasteiger partial charge is 0.0635 e. The molecule has 23 heavy (non-hydrogen) atoms. The molecule has 0 fully saturated rings. The molecule has 1 N–H and O–H groups in total. The molecule has 128 valence electrons. The number of aliphatic hydroxyl groups excluding tert-OH is 1. The number of ether oxygens (including phenoxy) is 1. The Balaban J connectivity index is 2.64. The van der Waals surface area contributed by atoms with Crippen molar-refractivity contribution in [2.24, 2.45) is 5.41 Å². The lowest BCUT2D eigenvalue weighted by Gasteiger charge is -2.30. The average Bonchev–Trinajstić information content (AvgIpc) is 2.84. The first-order valence-electron chi connectivity index (χ1n) is 8.05. The van der Waals surface area contributed by atoms with Crippen LogP contribution in [0.5, 0.6) is 0 Å². The van der Waals surface area contributed by atoms with Crippen molar-refractivity contribution < 1.29 is 9.84 Å². The lowest BCUT2D eigenvalue weighted by atomic mass is 9.80. The summed E-state index contributed by atoms with van der Waals surface area (Å²) in [5.74, 6) is 0. The third-order valence-electron chi connectivity index (χ3n) is 4.93. The maximum Gasteiger partial charge on any atom is 0.0635 e. The lowest BCUT2D eigenvalue weighted by Crippen LogP contribution is -2.32. The number of hydrogen-bond acceptors (Lipinski definition) is 2. The number of aliphatic hydroxyl groups is 1. The van der Waals surface area contributed by atoms with Crippen molar-refractivity contribution in [3.05, 3.63) is 34.4 Å². The van der Waals surface area contributed by atoms with Crippen molar-refractivity contribution in [1.82, 2.24) is 4.57 Å². The van der Waals surface area contributed by atoms with E-state index in [4.69, 9.17) is 4.74 Å². The van der Waals surface area contributed by atoms with Crippen LogP contribution in [0.3, 0.4) is 0 Å². The molecule has 1 aromatic carbocycles. The van der Waals surface area contributed by atoms with Gasteiger partial charge in [0.1, 0.15) is 0 Å². The zero-order valence-electron chi connectivity index (χ0n) is 15.0. The van der Waals surface area contributed by atoms with Gasteiger partial charge >= 0.3 is 0 Å². The van der Waals surface area contributed by atoms with E-state index in [0.717, 1.165) is 11.0 Å². The van der Waals surface area contributed by atoms with Crippen molar-refractivity contribution in [3.8, 4) is 0 Å². The molecule has 0 saturated carbocycles. The lowest BCUT2D eigenvalue weighted by molar-refractivity contribution is 0.0611. The Kier molecular flexibility index (Phi) is 5.29. The summed E-state index contributed by atoms with van der Waals surface area (Å²) in [4.78, 5) is 0. The second kappa shape index (κ2) is 6.58. The summed E-state index contributed by atoms with van der Waals surface area (Å²) < 4.78 is 8.94. The van der Waals surface area contributed by atoms with Gasteiger partial charge in [0, 0.05) is 52.7 Å². The molecular weight excluding hydrogens is 354 g/mol. The van der Waals surface area contributed by atoms with E-state index in [1.54, 1.807) is 7.11 Å². The van der Waals surface area contributed by atoms with E-state index in [1.165, 1.54) is 16.5 Å². The van der Waals surface area contributed by atoms with Gasteiger partial charge in [-0.2, -0.15) is 0 Å². The second-order valence-corrected chi connectivity index (χ2v) is 8.67. The van der Waals surface area contributed by atoms with Crippen LogP contribution in [0.25, 0.3) is 10.9 Å². The van der Waals surface area contributed by atoms with Gasteiger partial charge in [0.05, 0.1) is 6.10 Å². The zero-order valence-corrected chi connectivity index (χ0v) is 16.6. The fraction of sp³-hybridized carbons (Fsp3) is 0.579. The summed E-state index contributed by atoms with van der Waals surface area (Å²) in [5.41, 5.74) is 2.20. The Labute approximate surface area is 147 Å². The predicted octanol–water partition coefficient (Wildman–Crippen LogP) is 4.73. The number of fused-ring (bicyclic) bond motifs is 1. The van der Waals surface area contributed by atoms with Gasteiger partial charge in [-0.15, -0.1) is 0 Å². The topological polar surface area (TPSA) is 34.4 Å². The first kappa shape index (κ1) is 18.5. The summed E-state index contributed by atoms with van der Waals surface area (Å²) in [6.07, 6.45) is 2.33. The molecule has 0 aliphatic rings. The maximum absolute atomic E-state index is 9.63. The normalized spacial score (nSPS) is 14.4. The quantitative estimate of drug-likeness (QED) is 0.784. The molecule has 4 heteroatoms. The highest BCUT2D eigenvalue weighted by Crippen LogP contribution is 2.37. The Hall–Kier alpha value is -0.840. The monoisotopic (exact) mass is 381 g/mol. The molecule has 1 atom stereocenters. The van der Waals surface area contributed by atoms with Crippen LogP contribution in [0.15, 0.2) is 28.9 Å². The van der Waals surface area contributed by atoms with Crippen molar-refractivity contribution in [1.29, 1.82) is 0 Å². The fourth-order valence-electron chi connectivity index (χ4n) is 2.93. The van der Waals surface area contributed by atoms with Crippen molar-refractivity contribution in [3.63, 3.8) is 0 Å². The number of benzene rings is 1. The molecule has 2 aromatic rings. The van der Waals surface area contributed by atoms with Crippen LogP contribution in [0.1, 0.15) is 40.2 Å². The van der Waals surface area contributed by atoms with Crippen LogP contribution in [-0.4, -0.2) is 29.5 Å². The first-order valence-corrected chi connectivity index (χ1v) is 8.84. The van der Waals surface area contributed by atoms with Gasteiger partial charge in [-0.3, -0.25) is 0 Å². The molecule has 1 heterocycles. The molecule has 0 spiro atoms. The van der Waals surface area contributed by atoms with E-state index in [9.17, 15) is 5.11 Å². The third-order valence-corrected chi connectivity index (χ3v) is 5.43. The summed E-state index contributed by atoms with van der Waals surface area (Å²) >= 11 is 3.58. The highest BCUT2D eigenvalue weighted by atomic mass is 79.9. The van der Waals surface area contributed by atoms with Crippen LogP contribution in [-0.2, 0) is 16.7 Å². The molecule has 1 unspecified atom stereocenters. The van der Waals surface area contributed by atoms with E-state index in [2.05, 4.69) is 79.5 Å². The minimum Gasteiger partial charge on any atom is -0.396 e. The van der Waals surface area contributed by atoms with Crippen LogP contribution in [0, 0.1) is 5.41 Å². The molecular formula is C19H28BrNO2. The predicted molar refractivity (Wildman–Crippen MR) is 100 cm³/mol. The summed E-state index contributed by atoms with van der Waals surface area (Å²) in [6.45, 7) is 11.7. The standard InChI is InChI=1S/C19H28BrNO2/c1-13(23-6)19(4,5)16-10-21(11-18(2,3)12-22)17-9-14(20)7-8-15(16)17/h7-10,13,22H,11-12H2,1-6H3. The minimum atomic E-state index is -0.164. The van der Waals surface area contributed by atoms with Gasteiger partial charge < -0.3 is 14.4 Å². The second-order valence-electron chi connectivity index (χ2n) is 7.75. The van der Waals surface area contributed by atoms with Crippen LogP contribution < -0.4 is 0 Å². The molecule has 0 bridgehead atoms. The number of rotatable bonds is 6. The molecule has 0 saturated heterocycles. The number of halogens is 1. The van der Waals surface area contributed by atoms with E-state index in [1.807, 2.05) is 0 Å². The van der Waals surface area contributed by atoms with Crippen molar-refractivity contribution >= 4 is 26.8 Å².